The molecule has 8 nitrogen and oxygen atoms in total. The zero-order valence-corrected chi connectivity index (χ0v) is 15.2. The molecule has 27 heavy (non-hydrogen) atoms. The van der Waals surface area contributed by atoms with E-state index in [0.717, 1.165) is 4.31 Å². The van der Waals surface area contributed by atoms with Gasteiger partial charge in [-0.3, -0.25) is 14.4 Å². The Morgan fingerprint density at radius 3 is 1.96 bits per heavy atom. The van der Waals surface area contributed by atoms with Crippen LogP contribution in [0.2, 0.25) is 0 Å². The minimum absolute atomic E-state index is 0.0426. The van der Waals surface area contributed by atoms with E-state index in [2.05, 4.69) is 10.6 Å². The van der Waals surface area contributed by atoms with Crippen LogP contribution in [0.3, 0.4) is 0 Å². The molecule has 140 valence electrons. The maximum Gasteiger partial charge on any atom is 0.255 e. The van der Waals surface area contributed by atoms with E-state index in [1.165, 1.54) is 31.2 Å². The van der Waals surface area contributed by atoms with Crippen LogP contribution in [-0.2, 0) is 19.6 Å². The highest BCUT2D eigenvalue weighted by molar-refractivity contribution is 7.94. The molecule has 0 spiro atoms. The number of carbonyl (C=O) groups excluding carboxylic acids is 3. The molecule has 1 aliphatic rings. The van der Waals surface area contributed by atoms with E-state index in [-0.39, 0.29) is 29.7 Å². The van der Waals surface area contributed by atoms with Crippen molar-refractivity contribution >= 4 is 44.8 Å². The topological polar surface area (TPSA) is 113 Å². The molecular formula is C18H17N3O5S. The maximum absolute atomic E-state index is 12.3. The average Bonchev–Trinajstić information content (AvgIpc) is 2.89. The van der Waals surface area contributed by atoms with Crippen LogP contribution in [0, 0.1) is 0 Å². The third kappa shape index (κ3) is 4.14. The lowest BCUT2D eigenvalue weighted by atomic mass is 10.2. The van der Waals surface area contributed by atoms with Crippen LogP contribution < -0.4 is 14.9 Å². The van der Waals surface area contributed by atoms with Crippen LogP contribution in [0.25, 0.3) is 0 Å². The summed E-state index contributed by atoms with van der Waals surface area (Å²) in [6.07, 6.45) is -0.0426. The first-order valence-electron chi connectivity index (χ1n) is 8.11. The van der Waals surface area contributed by atoms with Gasteiger partial charge in [0.15, 0.2) is 0 Å². The molecule has 0 unspecified atom stereocenters. The highest BCUT2D eigenvalue weighted by Crippen LogP contribution is 2.25. The molecule has 0 aromatic heterocycles. The van der Waals surface area contributed by atoms with Crippen LogP contribution in [0.1, 0.15) is 23.7 Å². The van der Waals surface area contributed by atoms with Gasteiger partial charge < -0.3 is 10.6 Å². The number of sulfonamides is 1. The molecule has 1 aliphatic heterocycles. The number of hydrogen-bond acceptors (Lipinski definition) is 5. The van der Waals surface area contributed by atoms with E-state index in [4.69, 9.17) is 0 Å². The van der Waals surface area contributed by atoms with E-state index in [1.54, 1.807) is 24.3 Å². The Morgan fingerprint density at radius 2 is 1.48 bits per heavy atom. The number of nitrogens with one attached hydrogen (secondary N) is 2. The lowest BCUT2D eigenvalue weighted by molar-refractivity contribution is -0.116. The molecule has 0 saturated carbocycles. The Bertz CT molecular complexity index is 998. The Balaban J connectivity index is 1.71. The predicted molar refractivity (Wildman–Crippen MR) is 101 cm³/mol. The van der Waals surface area contributed by atoms with Crippen molar-refractivity contribution < 1.29 is 22.8 Å². The second kappa shape index (κ2) is 7.20. The van der Waals surface area contributed by atoms with Crippen molar-refractivity contribution in [1.82, 2.24) is 0 Å². The smallest absolute Gasteiger partial charge is 0.255 e. The first-order chi connectivity index (χ1) is 12.8. The quantitative estimate of drug-likeness (QED) is 0.833. The molecule has 1 heterocycles. The fraction of sp³-hybridized carbons (Fsp3) is 0.167. The molecule has 1 fully saturated rings. The van der Waals surface area contributed by atoms with Crippen LogP contribution >= 0.6 is 0 Å². The summed E-state index contributed by atoms with van der Waals surface area (Å²) in [7, 11) is -3.63. The van der Waals surface area contributed by atoms with Crippen molar-refractivity contribution in [3.05, 3.63) is 54.1 Å². The van der Waals surface area contributed by atoms with E-state index >= 15 is 0 Å². The lowest BCUT2D eigenvalue weighted by Crippen LogP contribution is -2.29. The third-order valence-electron chi connectivity index (χ3n) is 3.91. The first-order valence-corrected chi connectivity index (χ1v) is 9.72. The Kier molecular flexibility index (Phi) is 4.95. The molecule has 3 rings (SSSR count). The minimum atomic E-state index is -3.63. The number of anilines is 3. The van der Waals surface area contributed by atoms with Gasteiger partial charge in [-0.25, -0.2) is 12.7 Å². The number of rotatable bonds is 4. The molecule has 0 atom stereocenters. The summed E-state index contributed by atoms with van der Waals surface area (Å²) in [6, 6.07) is 12.4. The largest absolute Gasteiger partial charge is 0.326 e. The monoisotopic (exact) mass is 387 g/mol. The summed E-state index contributed by atoms with van der Waals surface area (Å²) < 4.78 is 24.6. The van der Waals surface area contributed by atoms with Crippen LogP contribution in [0.5, 0.6) is 0 Å². The molecular weight excluding hydrogens is 370 g/mol. The van der Waals surface area contributed by atoms with Gasteiger partial charge in [-0.1, -0.05) is 0 Å². The molecule has 0 radical (unpaired) electrons. The fourth-order valence-corrected chi connectivity index (χ4v) is 4.12. The summed E-state index contributed by atoms with van der Waals surface area (Å²) in [5.41, 5.74) is 1.68. The van der Waals surface area contributed by atoms with Crippen LogP contribution in [0.4, 0.5) is 17.1 Å². The normalized spacial score (nSPS) is 15.4. The van der Waals surface area contributed by atoms with Gasteiger partial charge in [0, 0.05) is 30.3 Å². The number of benzene rings is 2. The lowest BCUT2D eigenvalue weighted by Gasteiger charge is -2.15. The van der Waals surface area contributed by atoms with Gasteiger partial charge in [0.05, 0.1) is 11.4 Å². The van der Waals surface area contributed by atoms with Gasteiger partial charge >= 0.3 is 0 Å². The van der Waals surface area contributed by atoms with Gasteiger partial charge in [0.25, 0.3) is 5.91 Å². The van der Waals surface area contributed by atoms with E-state index < -0.39 is 15.9 Å². The van der Waals surface area contributed by atoms with E-state index in [1.807, 2.05) is 0 Å². The zero-order valence-electron chi connectivity index (χ0n) is 14.4. The highest BCUT2D eigenvalue weighted by Gasteiger charge is 2.36. The first kappa shape index (κ1) is 18.6. The van der Waals surface area contributed by atoms with Gasteiger partial charge in [0.2, 0.25) is 21.8 Å². The number of hydrogen-bond donors (Lipinski definition) is 2. The number of carbonyl (C=O) groups is 3. The third-order valence-corrected chi connectivity index (χ3v) is 5.60. The van der Waals surface area contributed by atoms with Crippen molar-refractivity contribution in [3.63, 3.8) is 0 Å². The molecule has 3 amide bonds. The zero-order chi connectivity index (χ0) is 19.6. The van der Waals surface area contributed by atoms with Crippen molar-refractivity contribution in [3.8, 4) is 0 Å². The SMILES string of the molecule is CC(=O)Nc1ccc(NC(=O)c2ccc(N3C(=O)CCS3(=O)=O)cc2)cc1. The number of amides is 3. The van der Waals surface area contributed by atoms with Gasteiger partial charge in [-0.2, -0.15) is 0 Å². The van der Waals surface area contributed by atoms with Gasteiger partial charge in [0.1, 0.15) is 0 Å². The summed E-state index contributed by atoms with van der Waals surface area (Å²) >= 11 is 0. The van der Waals surface area contributed by atoms with Crippen LogP contribution in [-0.4, -0.2) is 31.9 Å². The van der Waals surface area contributed by atoms with Gasteiger partial charge in [-0.15, -0.1) is 0 Å². The van der Waals surface area contributed by atoms with Crippen LogP contribution in [0.15, 0.2) is 48.5 Å². The molecule has 0 aliphatic carbocycles. The van der Waals surface area contributed by atoms with E-state index in [9.17, 15) is 22.8 Å². The molecule has 2 N–H and O–H groups in total. The number of nitrogens with zero attached hydrogens (tertiary/aromatic N) is 1. The maximum atomic E-state index is 12.3. The standard InChI is InChI=1S/C18H17N3O5S/c1-12(22)19-14-4-6-15(7-5-14)20-18(24)13-2-8-16(9-3-13)21-17(23)10-11-27(21,25)26/h2-9H,10-11H2,1H3,(H,19,22)(H,20,24). The molecule has 1 saturated heterocycles. The second-order valence-electron chi connectivity index (χ2n) is 5.98. The predicted octanol–water partition coefficient (Wildman–Crippen LogP) is 1.96. The molecule has 0 bridgehead atoms. The summed E-state index contributed by atoms with van der Waals surface area (Å²) in [4.78, 5) is 35.1. The molecule has 9 heteroatoms. The van der Waals surface area contributed by atoms with Crippen molar-refractivity contribution in [2.45, 2.75) is 13.3 Å². The van der Waals surface area contributed by atoms with Gasteiger partial charge in [-0.05, 0) is 48.5 Å². The molecule has 2 aromatic rings. The summed E-state index contributed by atoms with van der Waals surface area (Å²) in [5, 5.41) is 5.33. The molecule has 2 aromatic carbocycles. The second-order valence-corrected chi connectivity index (χ2v) is 7.92. The van der Waals surface area contributed by atoms with Crippen molar-refractivity contribution in [2.24, 2.45) is 0 Å². The Morgan fingerprint density at radius 1 is 0.926 bits per heavy atom. The summed E-state index contributed by atoms with van der Waals surface area (Å²) in [6.45, 7) is 1.40. The minimum Gasteiger partial charge on any atom is -0.326 e. The Labute approximate surface area is 156 Å². The average molecular weight is 387 g/mol. The summed E-state index contributed by atoms with van der Waals surface area (Å²) in [5.74, 6) is -1.26. The van der Waals surface area contributed by atoms with E-state index in [0.29, 0.717) is 16.9 Å². The van der Waals surface area contributed by atoms with Crippen molar-refractivity contribution in [1.29, 1.82) is 0 Å². The Hall–Kier alpha value is -3.20. The highest BCUT2D eigenvalue weighted by atomic mass is 32.2. The van der Waals surface area contributed by atoms with Crippen molar-refractivity contribution in [2.75, 3.05) is 20.7 Å². The fourth-order valence-electron chi connectivity index (χ4n) is 2.66.